The van der Waals surface area contributed by atoms with Gasteiger partial charge in [0.05, 0.1) is 0 Å². The maximum absolute atomic E-state index is 9.00. The van der Waals surface area contributed by atoms with E-state index in [1.165, 1.54) is 0 Å². The third-order valence-electron chi connectivity index (χ3n) is 0.101. The first-order valence-electron chi connectivity index (χ1n) is 0.952. The van der Waals surface area contributed by atoms with E-state index in [9.17, 15) is 0 Å². The summed E-state index contributed by atoms with van der Waals surface area (Å²) in [5.41, 5.74) is 0. The zero-order valence-electron chi connectivity index (χ0n) is 5.05. The quantitative estimate of drug-likeness (QED) is 0.349. The molecule has 0 saturated carbocycles. The van der Waals surface area contributed by atoms with E-state index in [4.69, 9.17) is 14.7 Å². The van der Waals surface area contributed by atoms with Gasteiger partial charge in [0.2, 0.25) is 6.29 Å². The van der Waals surface area contributed by atoms with Gasteiger partial charge in [-0.05, 0) is 0 Å². The number of hydrogen-bond acceptors (Lipinski definition) is 2. The standard InChI is InChI=1S/C2H2O3.Ba.2H/c3-1-2(4)5;;;/h1H,(H,4,5);;;/q;+2;2*-1. The molecule has 4 heteroatoms. The molecule has 0 fully saturated rings. The largest absolute Gasteiger partial charge is 2.00 e. The molecule has 0 aliphatic rings. The second kappa shape index (κ2) is 5.71. The second-order valence-electron chi connectivity index (χ2n) is 0.456. The van der Waals surface area contributed by atoms with Crippen LogP contribution in [-0.4, -0.2) is 66.2 Å². The van der Waals surface area contributed by atoms with Gasteiger partial charge in [-0.15, -0.1) is 0 Å². The molecule has 0 aromatic rings. The number of aliphatic carboxylic acids is 1. The smallest absolute Gasteiger partial charge is 1.00 e. The van der Waals surface area contributed by atoms with E-state index in [-0.39, 0.29) is 58.0 Å². The molecule has 0 spiro atoms. The molecular formula is C2H4BaO3. The molecular weight excluding hydrogens is 209 g/mol. The Morgan fingerprint density at radius 3 is 2.00 bits per heavy atom. The monoisotopic (exact) mass is 214 g/mol. The van der Waals surface area contributed by atoms with Crippen molar-refractivity contribution in [3.05, 3.63) is 0 Å². The normalized spacial score (nSPS) is 5.33. The summed E-state index contributed by atoms with van der Waals surface area (Å²) in [6.07, 6.45) is -0.167. The van der Waals surface area contributed by atoms with Crippen LogP contribution >= 0.6 is 0 Å². The van der Waals surface area contributed by atoms with E-state index in [1.54, 1.807) is 0 Å². The average molecular weight is 213 g/mol. The van der Waals surface area contributed by atoms with E-state index in [0.29, 0.717) is 0 Å². The number of aldehydes is 1. The summed E-state index contributed by atoms with van der Waals surface area (Å²) in [4.78, 5) is 17.9. The molecule has 0 amide bonds. The van der Waals surface area contributed by atoms with E-state index in [2.05, 4.69) is 0 Å². The molecule has 0 saturated heterocycles. The predicted octanol–water partition coefficient (Wildman–Crippen LogP) is -0.886. The Labute approximate surface area is 77.8 Å². The summed E-state index contributed by atoms with van der Waals surface area (Å²) in [7, 11) is 0. The zero-order chi connectivity index (χ0) is 4.28. The SMILES string of the molecule is O=CC(=O)O.[Ba+2].[H-].[H-]. The summed E-state index contributed by atoms with van der Waals surface area (Å²) < 4.78 is 0. The fraction of sp³-hybridized carbons (Fsp3) is 0. The van der Waals surface area contributed by atoms with Crippen molar-refractivity contribution in [2.45, 2.75) is 0 Å². The molecule has 3 nitrogen and oxygen atoms in total. The molecule has 6 heavy (non-hydrogen) atoms. The van der Waals surface area contributed by atoms with Crippen LogP contribution < -0.4 is 0 Å². The van der Waals surface area contributed by atoms with Crippen LogP contribution in [0.25, 0.3) is 0 Å². The Morgan fingerprint density at radius 1 is 1.83 bits per heavy atom. The predicted molar refractivity (Wildman–Crippen MR) is 21.7 cm³/mol. The maximum atomic E-state index is 9.00. The summed E-state index contributed by atoms with van der Waals surface area (Å²) in [6, 6.07) is 0. The van der Waals surface area contributed by atoms with Crippen molar-refractivity contribution in [2.24, 2.45) is 0 Å². The van der Waals surface area contributed by atoms with Crippen LogP contribution in [0, 0.1) is 0 Å². The van der Waals surface area contributed by atoms with E-state index in [1.807, 2.05) is 0 Å². The Balaban J connectivity index is -0.0000000267. The molecule has 0 unspecified atom stereocenters. The minimum Gasteiger partial charge on any atom is -1.00 e. The molecule has 32 valence electrons. The Hall–Kier alpha value is 0.711. The van der Waals surface area contributed by atoms with Gasteiger partial charge in [-0.3, -0.25) is 4.79 Å². The van der Waals surface area contributed by atoms with Crippen molar-refractivity contribution in [1.29, 1.82) is 0 Å². The van der Waals surface area contributed by atoms with Gasteiger partial charge in [0.1, 0.15) is 0 Å². The average Bonchev–Trinajstić information content (AvgIpc) is 1.38. The Kier molecular flexibility index (Phi) is 9.39. The first-order valence-corrected chi connectivity index (χ1v) is 0.952. The van der Waals surface area contributed by atoms with Crippen molar-refractivity contribution >= 4 is 61.1 Å². The molecule has 0 rings (SSSR count). The zero-order valence-corrected chi connectivity index (χ0v) is 7.49. The van der Waals surface area contributed by atoms with Gasteiger partial charge < -0.3 is 7.96 Å². The molecule has 0 bridgehead atoms. The van der Waals surface area contributed by atoms with E-state index >= 15 is 0 Å². The van der Waals surface area contributed by atoms with E-state index in [0.717, 1.165) is 0 Å². The molecule has 0 radical (unpaired) electrons. The minimum atomic E-state index is -1.43. The molecule has 0 aromatic carbocycles. The van der Waals surface area contributed by atoms with Gasteiger partial charge in [-0.1, -0.05) is 0 Å². The number of carboxylic acid groups (broad SMARTS) is 1. The molecule has 0 aromatic heterocycles. The summed E-state index contributed by atoms with van der Waals surface area (Å²) >= 11 is 0. The third-order valence-corrected chi connectivity index (χ3v) is 0.101. The van der Waals surface area contributed by atoms with Gasteiger partial charge in [-0.25, -0.2) is 4.79 Å². The van der Waals surface area contributed by atoms with Crippen LogP contribution in [0.5, 0.6) is 0 Å². The number of carbonyl (C=O) groups is 2. The van der Waals surface area contributed by atoms with Crippen LogP contribution in [0.1, 0.15) is 2.85 Å². The molecule has 1 N–H and O–H groups in total. The van der Waals surface area contributed by atoms with Gasteiger partial charge in [-0.2, -0.15) is 0 Å². The van der Waals surface area contributed by atoms with Crippen LogP contribution in [0.3, 0.4) is 0 Å². The number of hydrogen-bond donors (Lipinski definition) is 1. The molecule has 0 aliphatic heterocycles. The van der Waals surface area contributed by atoms with Crippen LogP contribution in [0.2, 0.25) is 0 Å². The topological polar surface area (TPSA) is 54.4 Å². The van der Waals surface area contributed by atoms with Crippen molar-refractivity contribution in [3.8, 4) is 0 Å². The fourth-order valence-corrected chi connectivity index (χ4v) is 0. The molecule has 0 heterocycles. The minimum absolute atomic E-state index is 0. The summed E-state index contributed by atoms with van der Waals surface area (Å²) in [6.45, 7) is 0. The van der Waals surface area contributed by atoms with E-state index < -0.39 is 5.97 Å². The second-order valence-corrected chi connectivity index (χ2v) is 0.456. The van der Waals surface area contributed by atoms with Crippen molar-refractivity contribution < 1.29 is 17.5 Å². The first-order chi connectivity index (χ1) is 2.27. The van der Waals surface area contributed by atoms with Gasteiger partial charge in [0.25, 0.3) is 0 Å². The maximum Gasteiger partial charge on any atom is 2.00 e. The fourth-order valence-electron chi connectivity index (χ4n) is 0. The summed E-state index contributed by atoms with van der Waals surface area (Å²) in [5.74, 6) is -1.43. The van der Waals surface area contributed by atoms with Crippen LogP contribution in [0.4, 0.5) is 0 Å². The summed E-state index contributed by atoms with van der Waals surface area (Å²) in [5, 5.41) is 7.35. The van der Waals surface area contributed by atoms with Crippen LogP contribution in [-0.2, 0) is 9.59 Å². The van der Waals surface area contributed by atoms with Crippen LogP contribution in [0.15, 0.2) is 0 Å². The Bertz CT molecular complexity index is 66.3. The molecule has 0 atom stereocenters. The number of carbonyl (C=O) groups excluding carboxylic acids is 1. The van der Waals surface area contributed by atoms with Crippen molar-refractivity contribution in [3.63, 3.8) is 0 Å². The molecule has 0 aliphatic carbocycles. The van der Waals surface area contributed by atoms with Gasteiger partial charge in [0.15, 0.2) is 0 Å². The third kappa shape index (κ3) is 8.83. The Morgan fingerprint density at radius 2 is 2.00 bits per heavy atom. The van der Waals surface area contributed by atoms with Crippen molar-refractivity contribution in [2.75, 3.05) is 0 Å². The van der Waals surface area contributed by atoms with Gasteiger partial charge >= 0.3 is 54.9 Å². The van der Waals surface area contributed by atoms with Crippen molar-refractivity contribution in [1.82, 2.24) is 0 Å². The van der Waals surface area contributed by atoms with Gasteiger partial charge in [0, 0.05) is 0 Å². The first kappa shape index (κ1) is 9.86. The number of rotatable bonds is 1. The number of carboxylic acids is 1.